The largest absolute Gasteiger partial charge is 0.368 e. The molecule has 0 spiro atoms. The van der Waals surface area contributed by atoms with Gasteiger partial charge in [-0.2, -0.15) is 0 Å². The molecule has 5 nitrogen and oxygen atoms in total. The number of piperazine rings is 1. The van der Waals surface area contributed by atoms with Gasteiger partial charge in [0.2, 0.25) is 0 Å². The van der Waals surface area contributed by atoms with Crippen LogP contribution in [0.1, 0.15) is 43.0 Å². The standard InChI is InChI=1S/C23H29FN4O/c1-2-20-5-3-4-12-28(20)23(29)18-6-11-22(25-17-18)27-15-13-26(14-16-27)21-9-7-19(24)8-10-21/h6-11,17,20H,2-5,12-16H2,1H3. The predicted molar refractivity (Wildman–Crippen MR) is 114 cm³/mol. The lowest BCUT2D eigenvalue weighted by Crippen LogP contribution is -2.47. The highest BCUT2D eigenvalue weighted by molar-refractivity contribution is 5.94. The molecule has 0 N–H and O–H groups in total. The van der Waals surface area contributed by atoms with Crippen molar-refractivity contribution >= 4 is 17.4 Å². The van der Waals surface area contributed by atoms with Gasteiger partial charge in [0.15, 0.2) is 0 Å². The van der Waals surface area contributed by atoms with Crippen LogP contribution in [0.15, 0.2) is 42.6 Å². The Hall–Kier alpha value is -2.63. The fourth-order valence-corrected chi connectivity index (χ4v) is 4.40. The maximum atomic E-state index is 13.1. The summed E-state index contributed by atoms with van der Waals surface area (Å²) < 4.78 is 13.1. The summed E-state index contributed by atoms with van der Waals surface area (Å²) in [5.41, 5.74) is 1.73. The number of rotatable bonds is 4. The Labute approximate surface area is 172 Å². The molecule has 2 aliphatic rings. The lowest BCUT2D eigenvalue weighted by atomic mass is 9.99. The van der Waals surface area contributed by atoms with Gasteiger partial charge >= 0.3 is 0 Å². The third kappa shape index (κ3) is 4.36. The Kier molecular flexibility index (Phi) is 5.97. The molecule has 0 saturated carbocycles. The van der Waals surface area contributed by atoms with Crippen LogP contribution in [0.3, 0.4) is 0 Å². The van der Waals surface area contributed by atoms with Crippen LogP contribution in [-0.2, 0) is 0 Å². The maximum absolute atomic E-state index is 13.1. The van der Waals surface area contributed by atoms with E-state index in [0.29, 0.717) is 11.6 Å². The minimum absolute atomic E-state index is 0.108. The number of aromatic nitrogens is 1. The van der Waals surface area contributed by atoms with Crippen LogP contribution in [0.5, 0.6) is 0 Å². The van der Waals surface area contributed by atoms with Crippen molar-refractivity contribution in [1.29, 1.82) is 0 Å². The van der Waals surface area contributed by atoms with Crippen molar-refractivity contribution in [2.75, 3.05) is 42.5 Å². The van der Waals surface area contributed by atoms with Gasteiger partial charge in [0.1, 0.15) is 11.6 Å². The number of halogens is 1. The van der Waals surface area contributed by atoms with Crippen LogP contribution in [0.2, 0.25) is 0 Å². The van der Waals surface area contributed by atoms with Crippen LogP contribution < -0.4 is 9.80 Å². The van der Waals surface area contributed by atoms with Gasteiger partial charge in [-0.15, -0.1) is 0 Å². The van der Waals surface area contributed by atoms with E-state index in [1.165, 1.54) is 18.6 Å². The van der Waals surface area contributed by atoms with E-state index < -0.39 is 0 Å². The van der Waals surface area contributed by atoms with Crippen molar-refractivity contribution in [3.8, 4) is 0 Å². The molecule has 0 radical (unpaired) electrons. The Morgan fingerprint density at radius 2 is 1.72 bits per heavy atom. The first-order chi connectivity index (χ1) is 14.2. The van der Waals surface area contributed by atoms with Crippen molar-refractivity contribution in [2.24, 2.45) is 0 Å². The van der Waals surface area contributed by atoms with Crippen molar-refractivity contribution < 1.29 is 9.18 Å². The third-order valence-corrected chi connectivity index (χ3v) is 6.15. The first-order valence-corrected chi connectivity index (χ1v) is 10.7. The second kappa shape index (κ2) is 8.80. The quantitative estimate of drug-likeness (QED) is 0.785. The van der Waals surface area contributed by atoms with E-state index in [1.807, 2.05) is 29.2 Å². The highest BCUT2D eigenvalue weighted by atomic mass is 19.1. The van der Waals surface area contributed by atoms with Gasteiger partial charge in [-0.3, -0.25) is 4.79 Å². The van der Waals surface area contributed by atoms with Crippen molar-refractivity contribution in [3.05, 3.63) is 54.0 Å². The van der Waals surface area contributed by atoms with Crippen molar-refractivity contribution in [1.82, 2.24) is 9.88 Å². The lowest BCUT2D eigenvalue weighted by Gasteiger charge is -2.37. The summed E-state index contributed by atoms with van der Waals surface area (Å²) in [6, 6.07) is 10.9. The topological polar surface area (TPSA) is 39.7 Å². The van der Waals surface area contributed by atoms with Crippen LogP contribution in [0.4, 0.5) is 15.9 Å². The number of carbonyl (C=O) groups is 1. The van der Waals surface area contributed by atoms with E-state index >= 15 is 0 Å². The summed E-state index contributed by atoms with van der Waals surface area (Å²) in [7, 11) is 0. The summed E-state index contributed by atoms with van der Waals surface area (Å²) in [6.07, 6.45) is 6.14. The number of amides is 1. The molecule has 6 heteroatoms. The Bertz CT molecular complexity index is 816. The Morgan fingerprint density at radius 1 is 1.00 bits per heavy atom. The third-order valence-electron chi connectivity index (χ3n) is 6.15. The average Bonchev–Trinajstić information content (AvgIpc) is 2.79. The molecule has 1 atom stereocenters. The van der Waals surface area contributed by atoms with Crippen molar-refractivity contribution in [2.45, 2.75) is 38.6 Å². The van der Waals surface area contributed by atoms with Gasteiger partial charge in [0.25, 0.3) is 5.91 Å². The van der Waals surface area contributed by atoms with Crippen LogP contribution >= 0.6 is 0 Å². The molecule has 2 saturated heterocycles. The van der Waals surface area contributed by atoms with Crippen LogP contribution in [0, 0.1) is 5.82 Å². The Balaban J connectivity index is 1.37. The number of piperidine rings is 1. The normalized spacial score (nSPS) is 20.1. The van der Waals surface area contributed by atoms with E-state index in [9.17, 15) is 9.18 Å². The minimum atomic E-state index is -0.207. The number of hydrogen-bond acceptors (Lipinski definition) is 4. The molecule has 154 valence electrons. The molecule has 2 aliphatic heterocycles. The first-order valence-electron chi connectivity index (χ1n) is 10.7. The number of likely N-dealkylation sites (tertiary alicyclic amines) is 1. The van der Waals surface area contributed by atoms with Crippen molar-refractivity contribution in [3.63, 3.8) is 0 Å². The second-order valence-electron chi connectivity index (χ2n) is 7.91. The summed E-state index contributed by atoms with van der Waals surface area (Å²) in [6.45, 7) is 6.43. The number of hydrogen-bond donors (Lipinski definition) is 0. The molecule has 3 heterocycles. The molecule has 1 unspecified atom stereocenters. The van der Waals surface area contributed by atoms with E-state index in [0.717, 1.165) is 63.5 Å². The molecule has 1 aromatic heterocycles. The zero-order chi connectivity index (χ0) is 20.2. The molecule has 0 aliphatic carbocycles. The molecule has 4 rings (SSSR count). The van der Waals surface area contributed by atoms with Crippen LogP contribution in [-0.4, -0.2) is 54.6 Å². The molecule has 0 bridgehead atoms. The molecule has 2 aromatic rings. The second-order valence-corrected chi connectivity index (χ2v) is 7.91. The molecule has 1 aromatic carbocycles. The summed E-state index contributed by atoms with van der Waals surface area (Å²) >= 11 is 0. The highest BCUT2D eigenvalue weighted by Crippen LogP contribution is 2.23. The van der Waals surface area contributed by atoms with E-state index in [1.54, 1.807) is 6.20 Å². The van der Waals surface area contributed by atoms with Gasteiger partial charge in [-0.05, 0) is 62.1 Å². The van der Waals surface area contributed by atoms with Gasteiger partial charge < -0.3 is 14.7 Å². The van der Waals surface area contributed by atoms with Gasteiger partial charge in [0.05, 0.1) is 5.56 Å². The summed E-state index contributed by atoms with van der Waals surface area (Å²) in [5, 5.41) is 0. The van der Waals surface area contributed by atoms with E-state index in [2.05, 4.69) is 21.7 Å². The lowest BCUT2D eigenvalue weighted by molar-refractivity contribution is 0.0607. The number of pyridine rings is 1. The maximum Gasteiger partial charge on any atom is 0.255 e. The fourth-order valence-electron chi connectivity index (χ4n) is 4.40. The summed E-state index contributed by atoms with van der Waals surface area (Å²) in [4.78, 5) is 24.0. The minimum Gasteiger partial charge on any atom is -0.368 e. The molecule has 2 fully saturated rings. The highest BCUT2D eigenvalue weighted by Gasteiger charge is 2.26. The molecular weight excluding hydrogens is 367 g/mol. The van der Waals surface area contributed by atoms with Gasteiger partial charge in [0, 0.05) is 50.6 Å². The Morgan fingerprint density at radius 3 is 2.38 bits per heavy atom. The monoisotopic (exact) mass is 396 g/mol. The van der Waals surface area contributed by atoms with Gasteiger partial charge in [-0.25, -0.2) is 9.37 Å². The van der Waals surface area contributed by atoms with E-state index in [-0.39, 0.29) is 11.7 Å². The molecule has 29 heavy (non-hydrogen) atoms. The zero-order valence-electron chi connectivity index (χ0n) is 17.1. The zero-order valence-corrected chi connectivity index (χ0v) is 17.1. The molecule has 1 amide bonds. The smallest absolute Gasteiger partial charge is 0.255 e. The SMILES string of the molecule is CCC1CCCCN1C(=O)c1ccc(N2CCN(c3ccc(F)cc3)CC2)nc1. The first kappa shape index (κ1) is 19.7. The predicted octanol–water partition coefficient (Wildman–Crippen LogP) is 3.95. The number of anilines is 2. The summed E-state index contributed by atoms with van der Waals surface area (Å²) in [5.74, 6) is 0.809. The average molecular weight is 397 g/mol. The molecular formula is C23H29FN4O. The van der Waals surface area contributed by atoms with E-state index in [4.69, 9.17) is 0 Å². The van der Waals surface area contributed by atoms with Gasteiger partial charge in [-0.1, -0.05) is 6.92 Å². The number of carbonyl (C=O) groups excluding carboxylic acids is 1. The number of nitrogens with zero attached hydrogens (tertiary/aromatic N) is 4. The number of benzene rings is 1. The van der Waals surface area contributed by atoms with Crippen LogP contribution in [0.25, 0.3) is 0 Å². The fraction of sp³-hybridized carbons (Fsp3) is 0.478.